The van der Waals surface area contributed by atoms with Crippen molar-refractivity contribution >= 4 is 21.6 Å². The summed E-state index contributed by atoms with van der Waals surface area (Å²) in [4.78, 5) is 12.2. The molecule has 0 bridgehead atoms. The molecule has 1 heterocycles. The van der Waals surface area contributed by atoms with Crippen LogP contribution in [0.1, 0.15) is 36.0 Å². The van der Waals surface area contributed by atoms with Crippen LogP contribution in [0.3, 0.4) is 0 Å². The van der Waals surface area contributed by atoms with Gasteiger partial charge in [-0.3, -0.25) is 4.79 Å². The van der Waals surface area contributed by atoms with Crippen molar-refractivity contribution in [2.75, 3.05) is 18.4 Å². The number of nitrogens with zero attached hydrogens (tertiary/aromatic N) is 1. The molecule has 9 heteroatoms. The molecule has 150 valence electrons. The van der Waals surface area contributed by atoms with E-state index < -0.39 is 38.9 Å². The van der Waals surface area contributed by atoms with Crippen LogP contribution < -0.4 is 5.32 Å². The van der Waals surface area contributed by atoms with Gasteiger partial charge in [-0.1, -0.05) is 12.8 Å². The second-order valence-electron chi connectivity index (χ2n) is 6.54. The largest absolute Gasteiger partial charge is 0.322 e. The molecule has 1 amide bonds. The summed E-state index contributed by atoms with van der Waals surface area (Å²) in [5.41, 5.74) is -0.579. The van der Waals surface area contributed by atoms with Gasteiger partial charge in [-0.25, -0.2) is 21.6 Å². The van der Waals surface area contributed by atoms with E-state index in [1.54, 1.807) is 0 Å². The Morgan fingerprint density at radius 2 is 1.50 bits per heavy atom. The van der Waals surface area contributed by atoms with Gasteiger partial charge >= 0.3 is 0 Å². The van der Waals surface area contributed by atoms with Gasteiger partial charge < -0.3 is 5.32 Å². The lowest BCUT2D eigenvalue weighted by Crippen LogP contribution is -2.32. The number of carbonyl (C=O) groups is 1. The van der Waals surface area contributed by atoms with E-state index in [0.29, 0.717) is 13.1 Å². The van der Waals surface area contributed by atoms with E-state index in [2.05, 4.69) is 5.32 Å². The van der Waals surface area contributed by atoms with Crippen molar-refractivity contribution in [1.29, 1.82) is 0 Å². The molecule has 2 aromatic carbocycles. The highest BCUT2D eigenvalue weighted by Crippen LogP contribution is 2.23. The van der Waals surface area contributed by atoms with Crippen molar-refractivity contribution in [2.45, 2.75) is 30.6 Å². The smallest absolute Gasteiger partial charge is 0.258 e. The first-order valence-electron chi connectivity index (χ1n) is 8.85. The van der Waals surface area contributed by atoms with E-state index in [9.17, 15) is 26.4 Å². The van der Waals surface area contributed by atoms with E-state index in [1.807, 2.05) is 0 Å². The van der Waals surface area contributed by atoms with Gasteiger partial charge in [-0.15, -0.1) is 0 Å². The first kappa shape index (κ1) is 20.3. The van der Waals surface area contributed by atoms with Crippen LogP contribution in [0, 0.1) is 17.5 Å². The zero-order valence-electron chi connectivity index (χ0n) is 14.9. The minimum absolute atomic E-state index is 0.0796. The van der Waals surface area contributed by atoms with Gasteiger partial charge in [0, 0.05) is 24.8 Å². The third-order valence-corrected chi connectivity index (χ3v) is 6.46. The number of nitrogens with one attached hydrogen (secondary N) is 1. The van der Waals surface area contributed by atoms with Gasteiger partial charge in [-0.2, -0.15) is 4.31 Å². The van der Waals surface area contributed by atoms with Gasteiger partial charge in [0.2, 0.25) is 10.0 Å². The maximum absolute atomic E-state index is 14.2. The lowest BCUT2D eigenvalue weighted by molar-refractivity contribution is 0.102. The molecule has 1 fully saturated rings. The summed E-state index contributed by atoms with van der Waals surface area (Å²) in [6.45, 7) is 0.742. The molecule has 1 aliphatic heterocycles. The highest BCUT2D eigenvalue weighted by Gasteiger charge is 2.27. The highest BCUT2D eigenvalue weighted by molar-refractivity contribution is 7.89. The van der Waals surface area contributed by atoms with Crippen molar-refractivity contribution in [3.8, 4) is 0 Å². The van der Waals surface area contributed by atoms with Crippen LogP contribution in [0.15, 0.2) is 41.3 Å². The Labute approximate surface area is 161 Å². The highest BCUT2D eigenvalue weighted by atomic mass is 32.2. The number of amides is 1. The van der Waals surface area contributed by atoms with E-state index in [-0.39, 0.29) is 10.6 Å². The molecule has 28 heavy (non-hydrogen) atoms. The summed E-state index contributed by atoms with van der Waals surface area (Å²) in [5, 5.41) is 2.24. The maximum Gasteiger partial charge on any atom is 0.258 e. The number of anilines is 1. The molecule has 0 aromatic heterocycles. The number of hydrogen-bond donors (Lipinski definition) is 1. The lowest BCUT2D eigenvalue weighted by Gasteiger charge is -2.20. The Hall–Kier alpha value is -2.39. The monoisotopic (exact) mass is 412 g/mol. The Balaban J connectivity index is 1.88. The van der Waals surface area contributed by atoms with Gasteiger partial charge in [0.1, 0.15) is 5.82 Å². The lowest BCUT2D eigenvalue weighted by atomic mass is 10.2. The molecule has 3 rings (SSSR count). The molecule has 0 unspecified atom stereocenters. The average molecular weight is 412 g/mol. The van der Waals surface area contributed by atoms with Crippen molar-refractivity contribution in [1.82, 2.24) is 4.31 Å². The standard InChI is InChI=1S/C19H19F3N2O3S/c20-16-8-6-14(28(26,27)24-9-3-1-2-4-10-24)12-15(16)19(25)23-13-5-7-17(21)18(22)11-13/h5-8,11-12H,1-4,9-10H2,(H,23,25). The molecule has 1 saturated heterocycles. The van der Waals surface area contributed by atoms with Crippen LogP contribution in [0.4, 0.5) is 18.9 Å². The van der Waals surface area contributed by atoms with Crippen molar-refractivity contribution < 1.29 is 26.4 Å². The molecule has 5 nitrogen and oxygen atoms in total. The minimum Gasteiger partial charge on any atom is -0.322 e. The molecular formula is C19H19F3N2O3S. The predicted octanol–water partition coefficient (Wildman–Crippen LogP) is 3.92. The number of benzene rings is 2. The van der Waals surface area contributed by atoms with Crippen LogP contribution in [-0.4, -0.2) is 31.7 Å². The summed E-state index contributed by atoms with van der Waals surface area (Å²) in [5.74, 6) is -4.14. The number of carbonyl (C=O) groups excluding carboxylic acids is 1. The summed E-state index contributed by atoms with van der Waals surface area (Å²) in [6, 6.07) is 5.68. The number of rotatable bonds is 4. The van der Waals surface area contributed by atoms with E-state index >= 15 is 0 Å². The Kier molecular flexibility index (Phi) is 6.04. The van der Waals surface area contributed by atoms with Crippen LogP contribution in [0.25, 0.3) is 0 Å². The molecule has 0 radical (unpaired) electrons. The summed E-state index contributed by atoms with van der Waals surface area (Å²) in [7, 11) is -3.87. The van der Waals surface area contributed by atoms with E-state index in [1.165, 1.54) is 4.31 Å². The molecule has 0 spiro atoms. The quantitative estimate of drug-likeness (QED) is 0.828. The van der Waals surface area contributed by atoms with E-state index in [0.717, 1.165) is 62.1 Å². The van der Waals surface area contributed by atoms with E-state index in [4.69, 9.17) is 0 Å². The Morgan fingerprint density at radius 1 is 0.857 bits per heavy atom. The number of hydrogen-bond acceptors (Lipinski definition) is 3. The summed E-state index contributed by atoms with van der Waals surface area (Å²) >= 11 is 0. The van der Waals surface area contributed by atoms with Gasteiger partial charge in [0.25, 0.3) is 5.91 Å². The first-order chi connectivity index (χ1) is 13.3. The average Bonchev–Trinajstić information content (AvgIpc) is 2.95. The van der Waals surface area contributed by atoms with Gasteiger partial charge in [0.05, 0.1) is 10.5 Å². The van der Waals surface area contributed by atoms with Crippen LogP contribution in [0.5, 0.6) is 0 Å². The zero-order valence-corrected chi connectivity index (χ0v) is 15.7. The first-order valence-corrected chi connectivity index (χ1v) is 10.3. The van der Waals surface area contributed by atoms with Crippen LogP contribution in [-0.2, 0) is 10.0 Å². The molecule has 1 N–H and O–H groups in total. The second kappa shape index (κ2) is 8.32. The van der Waals surface area contributed by atoms with Gasteiger partial charge in [-0.05, 0) is 43.2 Å². The normalized spacial score (nSPS) is 15.8. The molecule has 2 aromatic rings. The SMILES string of the molecule is O=C(Nc1ccc(F)c(F)c1)c1cc(S(=O)(=O)N2CCCCCC2)ccc1F. The maximum atomic E-state index is 14.2. The van der Waals surface area contributed by atoms with Crippen molar-refractivity contribution in [3.63, 3.8) is 0 Å². The predicted molar refractivity (Wildman–Crippen MR) is 97.9 cm³/mol. The molecule has 0 saturated carbocycles. The fourth-order valence-corrected chi connectivity index (χ4v) is 4.59. The Bertz CT molecular complexity index is 988. The van der Waals surface area contributed by atoms with Crippen molar-refractivity contribution in [3.05, 3.63) is 59.4 Å². The molecular weight excluding hydrogens is 393 g/mol. The van der Waals surface area contributed by atoms with Crippen LogP contribution in [0.2, 0.25) is 0 Å². The minimum atomic E-state index is -3.87. The third kappa shape index (κ3) is 4.36. The Morgan fingerprint density at radius 3 is 2.14 bits per heavy atom. The fraction of sp³-hybridized carbons (Fsp3) is 0.316. The second-order valence-corrected chi connectivity index (χ2v) is 8.48. The number of sulfonamides is 1. The summed E-state index contributed by atoms with van der Waals surface area (Å²) < 4.78 is 67.5. The topological polar surface area (TPSA) is 66.5 Å². The zero-order chi connectivity index (χ0) is 20.3. The third-order valence-electron chi connectivity index (χ3n) is 4.56. The molecule has 0 atom stereocenters. The fourth-order valence-electron chi connectivity index (χ4n) is 3.04. The van der Waals surface area contributed by atoms with Gasteiger partial charge in [0.15, 0.2) is 11.6 Å². The molecule has 1 aliphatic rings. The van der Waals surface area contributed by atoms with Crippen molar-refractivity contribution in [2.24, 2.45) is 0 Å². The number of halogens is 3. The molecule has 0 aliphatic carbocycles. The van der Waals surface area contributed by atoms with Crippen LogP contribution >= 0.6 is 0 Å². The summed E-state index contributed by atoms with van der Waals surface area (Å²) in [6.07, 6.45) is 3.36.